The highest BCUT2D eigenvalue weighted by atomic mass is 32.2. The first-order chi connectivity index (χ1) is 14.5. The van der Waals surface area contributed by atoms with Crippen LogP contribution in [0.15, 0.2) is 29.6 Å². The number of thioether (sulfide) groups is 1. The molecule has 3 rings (SSSR count). The molecule has 8 nitrogen and oxygen atoms in total. The zero-order chi connectivity index (χ0) is 21.7. The first kappa shape index (κ1) is 21.9. The third-order valence-electron chi connectivity index (χ3n) is 4.60. The summed E-state index contributed by atoms with van der Waals surface area (Å²) in [6, 6.07) is 5.97. The second-order valence-corrected chi connectivity index (χ2v) is 7.78. The van der Waals surface area contributed by atoms with Crippen molar-refractivity contribution in [3.8, 4) is 17.3 Å². The fourth-order valence-corrected chi connectivity index (χ4v) is 3.91. The minimum atomic E-state index is -0.0760. The van der Waals surface area contributed by atoms with Crippen molar-refractivity contribution in [1.29, 1.82) is 0 Å². The Labute approximate surface area is 181 Å². The Morgan fingerprint density at radius 1 is 1.17 bits per heavy atom. The highest BCUT2D eigenvalue weighted by molar-refractivity contribution is 7.99. The Morgan fingerprint density at radius 3 is 2.63 bits per heavy atom. The second kappa shape index (κ2) is 9.80. The summed E-state index contributed by atoms with van der Waals surface area (Å²) in [5.41, 5.74) is 3.85. The minimum Gasteiger partial charge on any atom is -0.476 e. The van der Waals surface area contributed by atoms with Crippen molar-refractivity contribution in [1.82, 2.24) is 24.5 Å². The van der Waals surface area contributed by atoms with E-state index in [1.54, 1.807) is 0 Å². The van der Waals surface area contributed by atoms with E-state index in [0.717, 1.165) is 23.4 Å². The SMILES string of the molecule is CCOc1nn(CC)cc1-c1nnc(SCC(=O)Nc2ccc(C)cc2C)n1CC. The Hall–Kier alpha value is -2.81. The number of aromatic nitrogens is 5. The number of aryl methyl sites for hydroxylation is 3. The molecule has 1 N–H and O–H groups in total. The highest BCUT2D eigenvalue weighted by Crippen LogP contribution is 2.30. The van der Waals surface area contributed by atoms with Crippen LogP contribution in [0.2, 0.25) is 0 Å². The molecule has 0 saturated carbocycles. The van der Waals surface area contributed by atoms with Crippen molar-refractivity contribution in [3.63, 3.8) is 0 Å². The highest BCUT2D eigenvalue weighted by Gasteiger charge is 2.21. The van der Waals surface area contributed by atoms with Crippen molar-refractivity contribution < 1.29 is 9.53 Å². The van der Waals surface area contributed by atoms with E-state index in [0.29, 0.717) is 30.0 Å². The number of benzene rings is 1. The fourth-order valence-electron chi connectivity index (χ4n) is 3.11. The molecule has 160 valence electrons. The van der Waals surface area contributed by atoms with Crippen LogP contribution in [0.3, 0.4) is 0 Å². The van der Waals surface area contributed by atoms with Crippen molar-refractivity contribution in [3.05, 3.63) is 35.5 Å². The molecule has 1 aromatic carbocycles. The Morgan fingerprint density at radius 2 is 1.97 bits per heavy atom. The van der Waals surface area contributed by atoms with Gasteiger partial charge in [0.25, 0.3) is 0 Å². The summed E-state index contributed by atoms with van der Waals surface area (Å²) in [7, 11) is 0. The van der Waals surface area contributed by atoms with Gasteiger partial charge in [0.2, 0.25) is 11.8 Å². The number of hydrogen-bond donors (Lipinski definition) is 1. The standard InChI is InChI=1S/C21H28N6O2S/c1-6-26-12-16(20(25-26)29-8-3)19-23-24-21(27(19)7-2)30-13-18(28)22-17-10-9-14(4)11-15(17)5/h9-12H,6-8,13H2,1-5H3,(H,22,28). The molecule has 2 heterocycles. The third kappa shape index (κ3) is 4.84. The maximum absolute atomic E-state index is 12.5. The lowest BCUT2D eigenvalue weighted by atomic mass is 10.1. The molecular weight excluding hydrogens is 400 g/mol. The van der Waals surface area contributed by atoms with E-state index < -0.39 is 0 Å². The third-order valence-corrected chi connectivity index (χ3v) is 5.56. The number of carbonyl (C=O) groups excluding carboxylic acids is 1. The molecule has 0 aliphatic rings. The molecule has 0 aliphatic heterocycles. The van der Waals surface area contributed by atoms with Gasteiger partial charge in [0.1, 0.15) is 5.56 Å². The lowest BCUT2D eigenvalue weighted by Gasteiger charge is -2.10. The monoisotopic (exact) mass is 428 g/mol. The van der Waals surface area contributed by atoms with Gasteiger partial charge in [-0.25, -0.2) is 0 Å². The van der Waals surface area contributed by atoms with Gasteiger partial charge in [-0.05, 0) is 46.2 Å². The number of carbonyl (C=O) groups is 1. The molecule has 2 aromatic heterocycles. The molecule has 0 bridgehead atoms. The van der Waals surface area contributed by atoms with Crippen molar-refractivity contribution in [2.75, 3.05) is 17.7 Å². The van der Waals surface area contributed by atoms with E-state index in [1.807, 2.05) is 62.2 Å². The second-order valence-electron chi connectivity index (χ2n) is 6.84. The van der Waals surface area contributed by atoms with Crippen LogP contribution in [0.1, 0.15) is 31.9 Å². The lowest BCUT2D eigenvalue weighted by molar-refractivity contribution is -0.113. The van der Waals surface area contributed by atoms with Gasteiger partial charge >= 0.3 is 0 Å². The minimum absolute atomic E-state index is 0.0760. The molecule has 0 saturated heterocycles. The van der Waals surface area contributed by atoms with Gasteiger partial charge in [0.15, 0.2) is 11.0 Å². The molecule has 0 unspecified atom stereocenters. The largest absolute Gasteiger partial charge is 0.476 e. The Bertz CT molecular complexity index is 1030. The van der Waals surface area contributed by atoms with E-state index in [4.69, 9.17) is 4.74 Å². The van der Waals surface area contributed by atoms with Gasteiger partial charge in [0, 0.05) is 25.0 Å². The number of hydrogen-bond acceptors (Lipinski definition) is 6. The number of anilines is 1. The zero-order valence-electron chi connectivity index (χ0n) is 18.1. The van der Waals surface area contributed by atoms with Crippen LogP contribution in [-0.2, 0) is 17.9 Å². The quantitative estimate of drug-likeness (QED) is 0.520. The van der Waals surface area contributed by atoms with Gasteiger partial charge in [0.05, 0.1) is 12.4 Å². The topological polar surface area (TPSA) is 86.9 Å². The van der Waals surface area contributed by atoms with Crippen LogP contribution in [-0.4, -0.2) is 42.8 Å². The first-order valence-corrected chi connectivity index (χ1v) is 11.1. The summed E-state index contributed by atoms with van der Waals surface area (Å²) in [6.07, 6.45) is 1.92. The van der Waals surface area contributed by atoms with Crippen LogP contribution < -0.4 is 10.1 Å². The number of amides is 1. The molecule has 0 atom stereocenters. The van der Waals surface area contributed by atoms with Gasteiger partial charge in [-0.3, -0.25) is 9.48 Å². The summed E-state index contributed by atoms with van der Waals surface area (Å²) in [4.78, 5) is 12.5. The maximum Gasteiger partial charge on any atom is 0.243 e. The van der Waals surface area contributed by atoms with E-state index in [1.165, 1.54) is 17.3 Å². The number of nitrogens with one attached hydrogen (secondary N) is 1. The maximum atomic E-state index is 12.5. The number of nitrogens with zero attached hydrogens (tertiary/aromatic N) is 5. The van der Waals surface area contributed by atoms with Crippen LogP contribution in [0, 0.1) is 13.8 Å². The molecule has 9 heteroatoms. The molecule has 0 radical (unpaired) electrons. The molecule has 1 amide bonds. The summed E-state index contributed by atoms with van der Waals surface area (Å²) in [5, 5.41) is 16.8. The summed E-state index contributed by atoms with van der Waals surface area (Å²) in [5.74, 6) is 1.41. The van der Waals surface area contributed by atoms with Gasteiger partial charge < -0.3 is 14.6 Å². The summed E-state index contributed by atoms with van der Waals surface area (Å²) in [6.45, 7) is 11.9. The smallest absolute Gasteiger partial charge is 0.243 e. The molecule has 0 spiro atoms. The lowest BCUT2D eigenvalue weighted by Crippen LogP contribution is -2.15. The van der Waals surface area contributed by atoms with Crippen molar-refractivity contribution in [2.24, 2.45) is 0 Å². The van der Waals surface area contributed by atoms with Crippen LogP contribution >= 0.6 is 11.8 Å². The Balaban J connectivity index is 1.75. The molecule has 0 aliphatic carbocycles. The fraction of sp³-hybridized carbons (Fsp3) is 0.429. The number of ether oxygens (including phenoxy) is 1. The Kier molecular flexibility index (Phi) is 7.15. The summed E-state index contributed by atoms with van der Waals surface area (Å²) >= 11 is 1.36. The first-order valence-electron chi connectivity index (χ1n) is 10.1. The molecule has 30 heavy (non-hydrogen) atoms. The van der Waals surface area contributed by atoms with Crippen LogP contribution in [0.5, 0.6) is 5.88 Å². The molecule has 3 aromatic rings. The average molecular weight is 429 g/mol. The normalized spacial score (nSPS) is 11.0. The van der Waals surface area contributed by atoms with E-state index in [2.05, 4.69) is 26.7 Å². The van der Waals surface area contributed by atoms with Gasteiger partial charge in [-0.1, -0.05) is 29.5 Å². The van der Waals surface area contributed by atoms with E-state index in [-0.39, 0.29) is 11.7 Å². The van der Waals surface area contributed by atoms with E-state index in [9.17, 15) is 4.79 Å². The van der Waals surface area contributed by atoms with Crippen LogP contribution in [0.4, 0.5) is 5.69 Å². The molecule has 0 fully saturated rings. The molecular formula is C21H28N6O2S. The average Bonchev–Trinajstić information content (AvgIpc) is 3.32. The predicted octanol–water partition coefficient (Wildman–Crippen LogP) is 3.93. The predicted molar refractivity (Wildman–Crippen MR) is 119 cm³/mol. The van der Waals surface area contributed by atoms with Crippen LogP contribution in [0.25, 0.3) is 11.4 Å². The van der Waals surface area contributed by atoms with E-state index >= 15 is 0 Å². The summed E-state index contributed by atoms with van der Waals surface area (Å²) < 4.78 is 9.48. The van der Waals surface area contributed by atoms with Crippen molar-refractivity contribution >= 4 is 23.4 Å². The number of rotatable bonds is 9. The van der Waals surface area contributed by atoms with Gasteiger partial charge in [-0.15, -0.1) is 15.3 Å². The zero-order valence-corrected chi connectivity index (χ0v) is 18.9. The van der Waals surface area contributed by atoms with Gasteiger partial charge in [-0.2, -0.15) is 0 Å². The van der Waals surface area contributed by atoms with Crippen molar-refractivity contribution in [2.45, 2.75) is 52.9 Å².